The van der Waals surface area contributed by atoms with E-state index in [9.17, 15) is 9.18 Å². The molecule has 1 amide bonds. The molecule has 6 nitrogen and oxygen atoms in total. The van der Waals surface area contributed by atoms with Gasteiger partial charge in [0.15, 0.2) is 5.82 Å². The van der Waals surface area contributed by atoms with Gasteiger partial charge in [-0.25, -0.2) is 4.39 Å². The summed E-state index contributed by atoms with van der Waals surface area (Å²) in [7, 11) is 1.58. The molecule has 2 heterocycles. The molecule has 0 radical (unpaired) electrons. The van der Waals surface area contributed by atoms with Crippen LogP contribution in [-0.4, -0.2) is 54.3 Å². The highest BCUT2D eigenvalue weighted by Crippen LogP contribution is 2.24. The number of methoxy groups -OCH3 is 1. The quantitative estimate of drug-likeness (QED) is 0.735. The number of halogens is 1. The van der Waals surface area contributed by atoms with E-state index in [-0.39, 0.29) is 11.7 Å². The van der Waals surface area contributed by atoms with Crippen LogP contribution < -0.4 is 9.64 Å². The van der Waals surface area contributed by atoms with Gasteiger partial charge >= 0.3 is 0 Å². The van der Waals surface area contributed by atoms with Crippen LogP contribution in [0.3, 0.4) is 0 Å². The van der Waals surface area contributed by atoms with Gasteiger partial charge in [-0.1, -0.05) is 12.1 Å². The average Bonchev–Trinajstić information content (AvgIpc) is 3.11. The number of aromatic nitrogens is 2. The number of carbonyl (C=O) groups is 1. The molecule has 1 aliphatic heterocycles. The minimum absolute atomic E-state index is 0.0154. The van der Waals surface area contributed by atoms with Crippen LogP contribution in [-0.2, 0) is 0 Å². The number of benzene rings is 2. The third-order valence-corrected chi connectivity index (χ3v) is 5.16. The molecule has 1 aliphatic rings. The number of hydrogen-bond donors (Lipinski definition) is 1. The fraction of sp³-hybridized carbons (Fsp3) is 0.273. The Morgan fingerprint density at radius 2 is 1.86 bits per heavy atom. The Kier molecular flexibility index (Phi) is 5.46. The number of hydrogen-bond acceptors (Lipinski definition) is 4. The molecule has 0 saturated carbocycles. The molecule has 0 spiro atoms. The highest BCUT2D eigenvalue weighted by Gasteiger charge is 2.23. The van der Waals surface area contributed by atoms with Gasteiger partial charge in [-0.3, -0.25) is 9.89 Å². The first-order valence-electron chi connectivity index (χ1n) is 9.64. The second-order valence-corrected chi connectivity index (χ2v) is 6.98. The van der Waals surface area contributed by atoms with E-state index in [1.54, 1.807) is 31.4 Å². The lowest BCUT2D eigenvalue weighted by Gasteiger charge is -2.22. The van der Waals surface area contributed by atoms with E-state index < -0.39 is 0 Å². The number of rotatable bonds is 4. The monoisotopic (exact) mass is 394 g/mol. The molecule has 1 saturated heterocycles. The second kappa shape index (κ2) is 8.34. The van der Waals surface area contributed by atoms with Crippen molar-refractivity contribution >= 4 is 11.7 Å². The first kappa shape index (κ1) is 19.0. The lowest BCUT2D eigenvalue weighted by atomic mass is 10.1. The molecule has 0 bridgehead atoms. The Labute approximate surface area is 168 Å². The molecule has 0 aliphatic carbocycles. The second-order valence-electron chi connectivity index (χ2n) is 6.98. The topological polar surface area (TPSA) is 61.5 Å². The molecular weight excluding hydrogens is 371 g/mol. The van der Waals surface area contributed by atoms with Gasteiger partial charge in [0, 0.05) is 32.2 Å². The van der Waals surface area contributed by atoms with Crippen molar-refractivity contribution in [2.45, 2.75) is 6.42 Å². The molecule has 0 unspecified atom stereocenters. The van der Waals surface area contributed by atoms with E-state index in [0.717, 1.165) is 30.0 Å². The summed E-state index contributed by atoms with van der Waals surface area (Å²) >= 11 is 0. The first-order chi connectivity index (χ1) is 14.2. The maximum absolute atomic E-state index is 13.1. The van der Waals surface area contributed by atoms with Crippen LogP contribution in [0.15, 0.2) is 54.6 Å². The summed E-state index contributed by atoms with van der Waals surface area (Å²) in [5.41, 5.74) is 2.31. The number of carbonyl (C=O) groups excluding carboxylic acids is 1. The number of ether oxygens (including phenoxy) is 1. The third-order valence-electron chi connectivity index (χ3n) is 5.16. The van der Waals surface area contributed by atoms with Crippen LogP contribution in [0.4, 0.5) is 10.2 Å². The minimum Gasteiger partial charge on any atom is -0.496 e. The summed E-state index contributed by atoms with van der Waals surface area (Å²) < 4.78 is 18.5. The molecule has 7 heteroatoms. The summed E-state index contributed by atoms with van der Waals surface area (Å²) in [4.78, 5) is 17.0. The van der Waals surface area contributed by atoms with E-state index in [2.05, 4.69) is 15.1 Å². The van der Waals surface area contributed by atoms with E-state index in [1.165, 1.54) is 12.1 Å². The molecule has 0 atom stereocenters. The van der Waals surface area contributed by atoms with Crippen LogP contribution in [0.5, 0.6) is 5.75 Å². The Bertz CT molecular complexity index is 986. The summed E-state index contributed by atoms with van der Waals surface area (Å²) in [6.45, 7) is 2.79. The smallest absolute Gasteiger partial charge is 0.257 e. The summed E-state index contributed by atoms with van der Waals surface area (Å²) in [5, 5.41) is 7.44. The lowest BCUT2D eigenvalue weighted by Crippen LogP contribution is -2.35. The molecule has 1 N–H and O–H groups in total. The molecule has 150 valence electrons. The Morgan fingerprint density at radius 1 is 1.07 bits per heavy atom. The number of nitrogens with one attached hydrogen (secondary N) is 1. The molecule has 2 aromatic carbocycles. The van der Waals surface area contributed by atoms with Gasteiger partial charge in [0.1, 0.15) is 11.6 Å². The van der Waals surface area contributed by atoms with E-state index in [0.29, 0.717) is 30.9 Å². The predicted octanol–water partition coefficient (Wildman–Crippen LogP) is 3.58. The number of nitrogens with zero attached hydrogens (tertiary/aromatic N) is 3. The summed E-state index contributed by atoms with van der Waals surface area (Å²) in [6.07, 6.45) is 0.847. The van der Waals surface area contributed by atoms with Crippen LogP contribution in [0.1, 0.15) is 16.8 Å². The van der Waals surface area contributed by atoms with E-state index >= 15 is 0 Å². The fourth-order valence-corrected chi connectivity index (χ4v) is 3.59. The summed E-state index contributed by atoms with van der Waals surface area (Å²) in [5.74, 6) is 1.14. The lowest BCUT2D eigenvalue weighted by molar-refractivity contribution is 0.0763. The standard InChI is InChI=1S/C22H23FN4O2/c1-29-20-6-3-2-5-18(20)22(28)27-12-4-11-26(13-14-27)21-15-19(24-25-21)16-7-9-17(23)10-8-16/h2-3,5-10,15H,4,11-14H2,1H3,(H,24,25). The van der Waals surface area contributed by atoms with Crippen molar-refractivity contribution in [3.8, 4) is 17.0 Å². The zero-order valence-corrected chi connectivity index (χ0v) is 16.3. The van der Waals surface area contributed by atoms with Gasteiger partial charge in [-0.15, -0.1) is 0 Å². The van der Waals surface area contributed by atoms with Crippen LogP contribution in [0, 0.1) is 5.82 Å². The predicted molar refractivity (Wildman–Crippen MR) is 110 cm³/mol. The first-order valence-corrected chi connectivity index (χ1v) is 9.64. The molecule has 29 heavy (non-hydrogen) atoms. The Balaban J connectivity index is 1.45. The van der Waals surface area contributed by atoms with Gasteiger partial charge in [-0.05, 0) is 48.4 Å². The van der Waals surface area contributed by atoms with Crippen molar-refractivity contribution in [3.05, 3.63) is 66.0 Å². The number of aromatic amines is 1. The molecule has 4 rings (SSSR count). The van der Waals surface area contributed by atoms with Gasteiger partial charge in [0.25, 0.3) is 5.91 Å². The van der Waals surface area contributed by atoms with Gasteiger partial charge < -0.3 is 14.5 Å². The van der Waals surface area contributed by atoms with Gasteiger partial charge in [0.2, 0.25) is 0 Å². The zero-order valence-electron chi connectivity index (χ0n) is 16.3. The third kappa shape index (κ3) is 4.08. The number of amides is 1. The van der Waals surface area contributed by atoms with Crippen molar-refractivity contribution in [3.63, 3.8) is 0 Å². The molecule has 1 aromatic heterocycles. The molecule has 1 fully saturated rings. The fourth-order valence-electron chi connectivity index (χ4n) is 3.59. The van der Waals surface area contributed by atoms with Crippen molar-refractivity contribution in [2.75, 3.05) is 38.2 Å². The van der Waals surface area contributed by atoms with Gasteiger partial charge in [-0.2, -0.15) is 5.10 Å². The van der Waals surface area contributed by atoms with Crippen LogP contribution >= 0.6 is 0 Å². The average molecular weight is 394 g/mol. The van der Waals surface area contributed by atoms with Crippen molar-refractivity contribution in [2.24, 2.45) is 0 Å². The van der Waals surface area contributed by atoms with Crippen molar-refractivity contribution < 1.29 is 13.9 Å². The zero-order chi connectivity index (χ0) is 20.2. The number of anilines is 1. The Morgan fingerprint density at radius 3 is 2.66 bits per heavy atom. The SMILES string of the molecule is COc1ccccc1C(=O)N1CCCN(c2cc(-c3ccc(F)cc3)[nH]n2)CC1. The van der Waals surface area contributed by atoms with E-state index in [4.69, 9.17) is 4.74 Å². The van der Waals surface area contributed by atoms with Gasteiger partial charge in [0.05, 0.1) is 18.4 Å². The maximum atomic E-state index is 13.1. The minimum atomic E-state index is -0.263. The summed E-state index contributed by atoms with van der Waals surface area (Å²) in [6, 6.07) is 15.6. The van der Waals surface area contributed by atoms with Crippen molar-refractivity contribution in [1.29, 1.82) is 0 Å². The van der Waals surface area contributed by atoms with E-state index in [1.807, 2.05) is 23.1 Å². The maximum Gasteiger partial charge on any atom is 0.257 e. The number of H-pyrrole nitrogens is 1. The highest BCUT2D eigenvalue weighted by atomic mass is 19.1. The van der Waals surface area contributed by atoms with Crippen LogP contribution in [0.25, 0.3) is 11.3 Å². The van der Waals surface area contributed by atoms with Crippen molar-refractivity contribution in [1.82, 2.24) is 15.1 Å². The van der Waals surface area contributed by atoms with Crippen LogP contribution in [0.2, 0.25) is 0 Å². The Hall–Kier alpha value is -3.35. The number of para-hydroxylation sites is 1. The normalized spacial score (nSPS) is 14.6. The highest BCUT2D eigenvalue weighted by molar-refractivity contribution is 5.97. The molecule has 3 aromatic rings. The largest absolute Gasteiger partial charge is 0.496 e. The molecular formula is C22H23FN4O2.